The van der Waals surface area contributed by atoms with Crippen molar-refractivity contribution in [3.63, 3.8) is 0 Å². The first-order chi connectivity index (χ1) is 14.5. The zero-order chi connectivity index (χ0) is 21.1. The summed E-state index contributed by atoms with van der Waals surface area (Å²) in [5, 5.41) is 23.9. The molecule has 2 N–H and O–H groups in total. The Balaban J connectivity index is 1.65. The molecule has 4 aromatic rings. The van der Waals surface area contributed by atoms with E-state index in [1.54, 1.807) is 4.57 Å². The van der Waals surface area contributed by atoms with Crippen LogP contribution in [-0.4, -0.2) is 14.8 Å². The Bertz CT molecular complexity index is 1250. The van der Waals surface area contributed by atoms with E-state index < -0.39 is 0 Å². The Hall–Kier alpha value is -3.22. The highest BCUT2D eigenvalue weighted by molar-refractivity contribution is 7.80. The van der Waals surface area contributed by atoms with E-state index in [9.17, 15) is 5.11 Å². The standard InChI is InChI=1S/C23H19ClN4OS/c1-15-10-12-17(13-11-15)25-23(30)27-26-21-18-7-3-5-9-20(18)28(22(21)29)14-16-6-2-4-8-19(16)24/h2-13,29H,14H2,1H3,(H,25,30). The maximum Gasteiger partial charge on any atom is 0.221 e. The molecule has 0 spiro atoms. The summed E-state index contributed by atoms with van der Waals surface area (Å²) in [6.07, 6.45) is 0. The molecule has 4 rings (SSSR count). The molecule has 1 aromatic heterocycles. The maximum atomic E-state index is 10.9. The van der Waals surface area contributed by atoms with Crippen molar-refractivity contribution in [3.05, 3.63) is 88.9 Å². The number of aryl methyl sites for hydroxylation is 1. The number of para-hydroxylation sites is 1. The third kappa shape index (κ3) is 4.20. The van der Waals surface area contributed by atoms with Crippen LogP contribution < -0.4 is 5.32 Å². The fourth-order valence-electron chi connectivity index (χ4n) is 3.21. The van der Waals surface area contributed by atoms with Gasteiger partial charge in [0.25, 0.3) is 0 Å². The topological polar surface area (TPSA) is 61.9 Å². The van der Waals surface area contributed by atoms with Gasteiger partial charge in [-0.05, 0) is 49.0 Å². The summed E-state index contributed by atoms with van der Waals surface area (Å²) in [5.41, 5.74) is 4.08. The van der Waals surface area contributed by atoms with Crippen LogP contribution in [0.25, 0.3) is 10.9 Å². The summed E-state index contributed by atoms with van der Waals surface area (Å²) in [7, 11) is 0. The van der Waals surface area contributed by atoms with E-state index in [0.29, 0.717) is 17.3 Å². The summed E-state index contributed by atoms with van der Waals surface area (Å²) < 4.78 is 1.77. The molecule has 150 valence electrons. The van der Waals surface area contributed by atoms with Gasteiger partial charge in [-0.25, -0.2) is 0 Å². The Morgan fingerprint density at radius 1 is 1.03 bits per heavy atom. The van der Waals surface area contributed by atoms with Crippen molar-refractivity contribution < 1.29 is 5.11 Å². The number of azo groups is 1. The summed E-state index contributed by atoms with van der Waals surface area (Å²) in [5.74, 6) is 0.0120. The lowest BCUT2D eigenvalue weighted by molar-refractivity contribution is 0.429. The number of rotatable bonds is 4. The fraction of sp³-hybridized carbons (Fsp3) is 0.0870. The normalized spacial score (nSPS) is 11.3. The van der Waals surface area contributed by atoms with Crippen LogP contribution in [0.4, 0.5) is 11.4 Å². The quantitative estimate of drug-likeness (QED) is 0.273. The van der Waals surface area contributed by atoms with Gasteiger partial charge in [0, 0.05) is 16.1 Å². The molecule has 3 aromatic carbocycles. The van der Waals surface area contributed by atoms with E-state index in [0.717, 1.165) is 27.7 Å². The molecule has 7 heteroatoms. The second kappa shape index (κ2) is 8.65. The van der Waals surface area contributed by atoms with E-state index in [2.05, 4.69) is 15.5 Å². The lowest BCUT2D eigenvalue weighted by Crippen LogP contribution is -2.04. The minimum Gasteiger partial charge on any atom is -0.493 e. The minimum absolute atomic E-state index is 0.0120. The summed E-state index contributed by atoms with van der Waals surface area (Å²) >= 11 is 11.6. The second-order valence-electron chi connectivity index (χ2n) is 6.86. The molecule has 0 aliphatic rings. The number of fused-ring (bicyclic) bond motifs is 1. The first kappa shape index (κ1) is 20.1. The number of nitrogens with zero attached hydrogens (tertiary/aromatic N) is 3. The summed E-state index contributed by atoms with van der Waals surface area (Å²) in [6.45, 7) is 2.43. The van der Waals surface area contributed by atoms with Crippen molar-refractivity contribution >= 4 is 51.2 Å². The van der Waals surface area contributed by atoms with Gasteiger partial charge in [-0.1, -0.05) is 65.7 Å². The molecule has 0 saturated heterocycles. The van der Waals surface area contributed by atoms with Crippen molar-refractivity contribution in [1.29, 1.82) is 0 Å². The summed E-state index contributed by atoms with van der Waals surface area (Å²) in [4.78, 5) is 0. The predicted molar refractivity (Wildman–Crippen MR) is 126 cm³/mol. The van der Waals surface area contributed by atoms with E-state index in [-0.39, 0.29) is 11.0 Å². The largest absolute Gasteiger partial charge is 0.493 e. The Morgan fingerprint density at radius 2 is 1.73 bits per heavy atom. The molecule has 1 heterocycles. The van der Waals surface area contributed by atoms with Crippen molar-refractivity contribution in [2.24, 2.45) is 10.2 Å². The first-order valence-electron chi connectivity index (χ1n) is 9.36. The minimum atomic E-state index is 0.0120. The molecular formula is C23H19ClN4OS. The maximum absolute atomic E-state index is 10.9. The number of thiocarbonyl (C=S) groups is 1. The van der Waals surface area contributed by atoms with Crippen LogP contribution in [0.15, 0.2) is 83.0 Å². The second-order valence-corrected chi connectivity index (χ2v) is 7.66. The lowest BCUT2D eigenvalue weighted by atomic mass is 10.2. The number of benzene rings is 3. The number of nitrogens with one attached hydrogen (secondary N) is 1. The Kier molecular flexibility index (Phi) is 5.79. The highest BCUT2D eigenvalue weighted by atomic mass is 35.5. The third-order valence-corrected chi connectivity index (χ3v) is 5.30. The highest BCUT2D eigenvalue weighted by Gasteiger charge is 2.17. The molecule has 0 radical (unpaired) electrons. The van der Waals surface area contributed by atoms with Crippen LogP contribution in [0.2, 0.25) is 5.02 Å². The molecular weight excluding hydrogens is 416 g/mol. The molecule has 30 heavy (non-hydrogen) atoms. The van der Waals surface area contributed by atoms with E-state index >= 15 is 0 Å². The molecule has 0 aliphatic carbocycles. The molecule has 0 bridgehead atoms. The van der Waals surface area contributed by atoms with Crippen LogP contribution in [0.5, 0.6) is 5.88 Å². The number of halogens is 1. The van der Waals surface area contributed by atoms with Gasteiger partial charge in [0.05, 0.1) is 12.1 Å². The molecule has 0 saturated carbocycles. The van der Waals surface area contributed by atoms with Crippen molar-refractivity contribution in [1.82, 2.24) is 4.57 Å². The van der Waals surface area contributed by atoms with Crippen LogP contribution in [0, 0.1) is 6.92 Å². The average molecular weight is 435 g/mol. The van der Waals surface area contributed by atoms with Crippen LogP contribution in [0.3, 0.4) is 0 Å². The molecule has 5 nitrogen and oxygen atoms in total. The van der Waals surface area contributed by atoms with Crippen LogP contribution in [0.1, 0.15) is 11.1 Å². The smallest absolute Gasteiger partial charge is 0.221 e. The highest BCUT2D eigenvalue weighted by Crippen LogP contribution is 2.39. The molecule has 0 unspecified atom stereocenters. The zero-order valence-corrected chi connectivity index (χ0v) is 17.8. The molecule has 0 fully saturated rings. The molecule has 0 aliphatic heterocycles. The van der Waals surface area contributed by atoms with Crippen LogP contribution >= 0.6 is 23.8 Å². The Morgan fingerprint density at radius 3 is 2.50 bits per heavy atom. The number of anilines is 1. The fourth-order valence-corrected chi connectivity index (χ4v) is 3.56. The SMILES string of the molecule is Cc1ccc(NC(=S)N=Nc2c(O)n(Cc3ccccc3Cl)c3ccccc23)cc1. The first-order valence-corrected chi connectivity index (χ1v) is 10.1. The third-order valence-electron chi connectivity index (χ3n) is 4.75. The van der Waals surface area contributed by atoms with Gasteiger partial charge in [0.15, 0.2) is 5.69 Å². The number of hydrogen-bond acceptors (Lipinski definition) is 3. The molecule has 0 atom stereocenters. The van der Waals surface area contributed by atoms with Gasteiger partial charge in [-0.2, -0.15) is 0 Å². The molecule has 0 amide bonds. The van der Waals surface area contributed by atoms with E-state index in [1.807, 2.05) is 79.7 Å². The van der Waals surface area contributed by atoms with Gasteiger partial charge in [-0.3, -0.25) is 0 Å². The van der Waals surface area contributed by atoms with Gasteiger partial charge < -0.3 is 15.0 Å². The van der Waals surface area contributed by atoms with Crippen molar-refractivity contribution in [3.8, 4) is 5.88 Å². The van der Waals surface area contributed by atoms with E-state index in [1.165, 1.54) is 0 Å². The monoisotopic (exact) mass is 434 g/mol. The van der Waals surface area contributed by atoms with E-state index in [4.69, 9.17) is 23.8 Å². The number of aromatic hydroxyl groups is 1. The average Bonchev–Trinajstić information content (AvgIpc) is 3.01. The Labute approximate surface area is 184 Å². The zero-order valence-electron chi connectivity index (χ0n) is 16.2. The van der Waals surface area contributed by atoms with Gasteiger partial charge in [-0.15, -0.1) is 10.2 Å². The van der Waals surface area contributed by atoms with Crippen LogP contribution in [-0.2, 0) is 6.54 Å². The van der Waals surface area contributed by atoms with Gasteiger partial charge in [0.1, 0.15) is 0 Å². The van der Waals surface area contributed by atoms with Crippen molar-refractivity contribution in [2.75, 3.05) is 5.32 Å². The van der Waals surface area contributed by atoms with Gasteiger partial charge >= 0.3 is 0 Å². The predicted octanol–water partition coefficient (Wildman–Crippen LogP) is 6.84. The number of aromatic nitrogens is 1. The number of hydrogen-bond donors (Lipinski definition) is 2. The lowest BCUT2D eigenvalue weighted by Gasteiger charge is -2.08. The summed E-state index contributed by atoms with van der Waals surface area (Å²) in [6, 6.07) is 23.0. The van der Waals surface area contributed by atoms with Gasteiger partial charge in [0.2, 0.25) is 11.0 Å². The van der Waals surface area contributed by atoms with Crippen molar-refractivity contribution in [2.45, 2.75) is 13.5 Å².